The van der Waals surface area contributed by atoms with Gasteiger partial charge in [0.15, 0.2) is 0 Å². The average Bonchev–Trinajstić information content (AvgIpc) is 2.74. The van der Waals surface area contributed by atoms with Crippen molar-refractivity contribution >= 4 is 38.5 Å². The zero-order valence-electron chi connectivity index (χ0n) is 18.5. The topological polar surface area (TPSA) is 140 Å². The molecule has 174 valence electrons. The number of pyridine rings is 1. The van der Waals surface area contributed by atoms with E-state index in [-0.39, 0.29) is 29.2 Å². The van der Waals surface area contributed by atoms with Gasteiger partial charge in [-0.1, -0.05) is 25.1 Å². The van der Waals surface area contributed by atoms with Gasteiger partial charge in [0.2, 0.25) is 11.3 Å². The van der Waals surface area contributed by atoms with Crippen LogP contribution in [-0.2, 0) is 21.4 Å². The number of carbonyl (C=O) groups excluding carboxylic acids is 1. The van der Waals surface area contributed by atoms with E-state index in [4.69, 9.17) is 5.73 Å². The van der Waals surface area contributed by atoms with Gasteiger partial charge in [-0.3, -0.25) is 13.9 Å². The molecule has 0 aliphatic rings. The lowest BCUT2D eigenvalue weighted by Crippen LogP contribution is -2.27. The smallest absolute Gasteiger partial charge is 0.341 e. The summed E-state index contributed by atoms with van der Waals surface area (Å²) in [5.41, 5.74) is 5.57. The Balaban J connectivity index is 2.18. The summed E-state index contributed by atoms with van der Waals surface area (Å²) in [6.07, 6.45) is 1.28. The zero-order valence-corrected chi connectivity index (χ0v) is 19.3. The molecule has 3 rings (SSSR count). The number of rotatable bonds is 8. The fourth-order valence-electron chi connectivity index (χ4n) is 3.79. The Morgan fingerprint density at radius 1 is 1.18 bits per heavy atom. The molecule has 0 bridgehead atoms. The second-order valence-electron chi connectivity index (χ2n) is 8.04. The number of hydrogen-bond acceptors (Lipinski definition) is 5. The number of hydrogen-bond donors (Lipinski definition) is 2. The number of benzene rings is 2. The van der Waals surface area contributed by atoms with Gasteiger partial charge >= 0.3 is 5.97 Å². The molecule has 0 aliphatic carbocycles. The van der Waals surface area contributed by atoms with Crippen molar-refractivity contribution in [3.8, 4) is 0 Å². The number of aromatic carboxylic acids is 1. The van der Waals surface area contributed by atoms with Crippen molar-refractivity contribution in [1.29, 1.82) is 0 Å². The fraction of sp³-hybridized carbons (Fsp3) is 0.261. The maximum absolute atomic E-state index is 13.3. The Morgan fingerprint density at radius 3 is 2.45 bits per heavy atom. The third-order valence-corrected chi connectivity index (χ3v) is 7.22. The van der Waals surface area contributed by atoms with Gasteiger partial charge in [-0.25, -0.2) is 13.2 Å². The van der Waals surface area contributed by atoms with Crippen molar-refractivity contribution in [3.05, 3.63) is 70.0 Å². The number of carbonyl (C=O) groups is 2. The molecule has 0 fully saturated rings. The molecule has 1 atom stereocenters. The highest BCUT2D eigenvalue weighted by Crippen LogP contribution is 2.27. The number of nitrogens with zero attached hydrogens (tertiary/aromatic N) is 2. The van der Waals surface area contributed by atoms with Gasteiger partial charge in [0.25, 0.3) is 10.0 Å². The van der Waals surface area contributed by atoms with Gasteiger partial charge in [-0.05, 0) is 42.7 Å². The van der Waals surface area contributed by atoms with Crippen molar-refractivity contribution in [2.24, 2.45) is 11.7 Å². The molecular weight excluding hydrogens is 446 g/mol. The highest BCUT2D eigenvalue weighted by Gasteiger charge is 2.24. The molecule has 33 heavy (non-hydrogen) atoms. The van der Waals surface area contributed by atoms with Gasteiger partial charge in [-0.15, -0.1) is 0 Å². The molecule has 1 aromatic heterocycles. The number of aryl methyl sites for hydroxylation is 1. The molecule has 0 aliphatic heterocycles. The SMILES string of the molecule is Cc1ccccc1N(C)S(=O)(=O)c1ccc2c(c1)c(=O)c(C(=O)O)cn2CC(C)CC(N)=O. The summed E-state index contributed by atoms with van der Waals surface area (Å²) in [4.78, 5) is 35.7. The van der Waals surface area contributed by atoms with Crippen LogP contribution in [0.25, 0.3) is 10.9 Å². The number of fused-ring (bicyclic) bond motifs is 1. The van der Waals surface area contributed by atoms with Crippen LogP contribution < -0.4 is 15.5 Å². The van der Waals surface area contributed by atoms with Crippen molar-refractivity contribution < 1.29 is 23.1 Å². The summed E-state index contributed by atoms with van der Waals surface area (Å²) in [7, 11) is -2.62. The standard InChI is InChI=1S/C23H25N3O6S/c1-14(10-21(24)27)12-26-13-18(23(29)30)22(28)17-11-16(8-9-20(17)26)33(31,32)25(3)19-7-5-4-6-15(19)2/h4-9,11,13-14H,10,12H2,1-3H3,(H2,24,27)(H,29,30). The van der Waals surface area contributed by atoms with Crippen molar-refractivity contribution in [2.75, 3.05) is 11.4 Å². The van der Waals surface area contributed by atoms with Crippen LogP contribution in [0.2, 0.25) is 0 Å². The van der Waals surface area contributed by atoms with E-state index in [1.807, 2.05) is 0 Å². The Hall–Kier alpha value is -3.66. The summed E-state index contributed by atoms with van der Waals surface area (Å²) in [6, 6.07) is 11.0. The van der Waals surface area contributed by atoms with Crippen molar-refractivity contribution in [3.63, 3.8) is 0 Å². The molecule has 0 saturated heterocycles. The van der Waals surface area contributed by atoms with E-state index in [2.05, 4.69) is 0 Å². The molecule has 3 aromatic rings. The maximum atomic E-state index is 13.3. The Kier molecular flexibility index (Phi) is 6.59. The monoisotopic (exact) mass is 471 g/mol. The number of sulfonamides is 1. The van der Waals surface area contributed by atoms with Crippen LogP contribution in [0, 0.1) is 12.8 Å². The van der Waals surface area contributed by atoms with Crippen LogP contribution >= 0.6 is 0 Å². The average molecular weight is 472 g/mol. The van der Waals surface area contributed by atoms with E-state index in [1.165, 1.54) is 36.0 Å². The van der Waals surface area contributed by atoms with Crippen molar-refractivity contribution in [2.45, 2.75) is 31.7 Å². The molecule has 2 aromatic carbocycles. The lowest BCUT2D eigenvalue weighted by Gasteiger charge is -2.22. The summed E-state index contributed by atoms with van der Waals surface area (Å²) >= 11 is 0. The summed E-state index contributed by atoms with van der Waals surface area (Å²) in [5, 5.41) is 9.47. The Morgan fingerprint density at radius 2 is 1.85 bits per heavy atom. The van der Waals surface area contributed by atoms with Gasteiger partial charge in [0.05, 0.1) is 16.1 Å². The molecule has 0 radical (unpaired) electrons. The Labute approximate surface area is 191 Å². The lowest BCUT2D eigenvalue weighted by atomic mass is 10.1. The quantitative estimate of drug-likeness (QED) is 0.517. The van der Waals surface area contributed by atoms with Gasteiger partial charge in [0.1, 0.15) is 5.56 Å². The predicted octanol–water partition coefficient (Wildman–Crippen LogP) is 2.34. The number of para-hydroxylation sites is 1. The molecule has 0 spiro atoms. The number of aromatic nitrogens is 1. The first kappa shape index (κ1) is 24.0. The number of carboxylic acids is 1. The minimum absolute atomic E-state index is 0.0413. The highest BCUT2D eigenvalue weighted by atomic mass is 32.2. The minimum Gasteiger partial charge on any atom is -0.477 e. The highest BCUT2D eigenvalue weighted by molar-refractivity contribution is 7.92. The molecule has 1 heterocycles. The minimum atomic E-state index is -4.03. The predicted molar refractivity (Wildman–Crippen MR) is 125 cm³/mol. The molecule has 3 N–H and O–H groups in total. The fourth-order valence-corrected chi connectivity index (χ4v) is 5.08. The molecule has 0 saturated carbocycles. The zero-order chi connectivity index (χ0) is 24.5. The van der Waals surface area contributed by atoms with Crippen LogP contribution in [0.4, 0.5) is 5.69 Å². The second-order valence-corrected chi connectivity index (χ2v) is 10.0. The normalized spacial score (nSPS) is 12.5. The summed E-state index contributed by atoms with van der Waals surface area (Å²) in [6.45, 7) is 3.77. The molecule has 1 unspecified atom stereocenters. The van der Waals surface area contributed by atoms with E-state index < -0.39 is 32.9 Å². The second kappa shape index (κ2) is 9.07. The first-order chi connectivity index (χ1) is 15.4. The van der Waals surface area contributed by atoms with Crippen LogP contribution in [0.1, 0.15) is 29.3 Å². The number of primary amides is 1. The van der Waals surface area contributed by atoms with Crippen LogP contribution in [-0.4, -0.2) is 37.0 Å². The number of carboxylic acid groups (broad SMARTS) is 1. The van der Waals surface area contributed by atoms with Crippen molar-refractivity contribution in [1.82, 2.24) is 4.57 Å². The molecule has 1 amide bonds. The van der Waals surface area contributed by atoms with Crippen LogP contribution in [0.15, 0.2) is 58.4 Å². The van der Waals surface area contributed by atoms with Gasteiger partial charge in [0, 0.05) is 31.6 Å². The van der Waals surface area contributed by atoms with Gasteiger partial charge < -0.3 is 15.4 Å². The first-order valence-corrected chi connectivity index (χ1v) is 11.6. The number of anilines is 1. The van der Waals surface area contributed by atoms with Crippen LogP contribution in [0.5, 0.6) is 0 Å². The third kappa shape index (κ3) is 4.75. The maximum Gasteiger partial charge on any atom is 0.341 e. The number of amides is 1. The number of nitrogens with two attached hydrogens (primary N) is 1. The van der Waals surface area contributed by atoms with E-state index in [0.717, 1.165) is 9.87 Å². The van der Waals surface area contributed by atoms with E-state index in [1.54, 1.807) is 38.1 Å². The third-order valence-electron chi connectivity index (χ3n) is 5.45. The lowest BCUT2D eigenvalue weighted by molar-refractivity contribution is -0.118. The summed E-state index contributed by atoms with van der Waals surface area (Å²) < 4.78 is 29.2. The van der Waals surface area contributed by atoms with E-state index in [0.29, 0.717) is 11.2 Å². The molecule has 10 heteroatoms. The summed E-state index contributed by atoms with van der Waals surface area (Å²) in [5.74, 6) is -2.16. The molecule has 9 nitrogen and oxygen atoms in total. The largest absolute Gasteiger partial charge is 0.477 e. The first-order valence-electron chi connectivity index (χ1n) is 10.2. The van der Waals surface area contributed by atoms with Crippen LogP contribution in [0.3, 0.4) is 0 Å². The van der Waals surface area contributed by atoms with E-state index in [9.17, 15) is 27.9 Å². The van der Waals surface area contributed by atoms with E-state index >= 15 is 0 Å². The van der Waals surface area contributed by atoms with Gasteiger partial charge in [-0.2, -0.15) is 0 Å². The molecular formula is C23H25N3O6S. The Bertz CT molecular complexity index is 1410.